The van der Waals surface area contributed by atoms with Crippen LogP contribution in [0.25, 0.3) is 0 Å². The quantitative estimate of drug-likeness (QED) is 0.617. The fraction of sp³-hybridized carbons (Fsp3) is 0.889. The number of carbonyl (C=O) groups is 1. The fourth-order valence-corrected chi connectivity index (χ4v) is 1.44. The maximum absolute atomic E-state index is 11.3. The molecule has 0 unspecified atom stereocenters. The van der Waals surface area contributed by atoms with E-state index in [-0.39, 0.29) is 12.5 Å². The Balaban J connectivity index is 2.08. The van der Waals surface area contributed by atoms with Gasteiger partial charge in [0.1, 0.15) is 0 Å². The summed E-state index contributed by atoms with van der Waals surface area (Å²) >= 11 is 0. The molecule has 0 atom stereocenters. The molecule has 0 aromatic rings. The van der Waals surface area contributed by atoms with Crippen LogP contribution in [0.4, 0.5) is 0 Å². The highest BCUT2D eigenvalue weighted by atomic mass is 16.5. The second kappa shape index (κ2) is 5.94. The van der Waals surface area contributed by atoms with Crippen molar-refractivity contribution in [1.29, 1.82) is 0 Å². The lowest BCUT2D eigenvalue weighted by atomic mass is 10.1. The van der Waals surface area contributed by atoms with Crippen molar-refractivity contribution in [2.45, 2.75) is 19.3 Å². The van der Waals surface area contributed by atoms with Gasteiger partial charge in [-0.3, -0.25) is 4.79 Å². The third-order valence-electron chi connectivity index (χ3n) is 2.16. The zero-order valence-corrected chi connectivity index (χ0v) is 7.87. The van der Waals surface area contributed by atoms with Crippen LogP contribution in [-0.2, 0) is 9.53 Å². The van der Waals surface area contributed by atoms with E-state index in [0.29, 0.717) is 26.2 Å². The van der Waals surface area contributed by atoms with E-state index in [4.69, 9.17) is 9.84 Å². The smallest absolute Gasteiger partial charge is 0.222 e. The number of piperidine rings is 1. The molecule has 1 N–H and O–H groups in total. The van der Waals surface area contributed by atoms with Crippen molar-refractivity contribution >= 4 is 5.91 Å². The van der Waals surface area contributed by atoms with Crippen molar-refractivity contribution in [3.8, 4) is 0 Å². The molecule has 4 heteroatoms. The lowest BCUT2D eigenvalue weighted by molar-refractivity contribution is -0.134. The molecule has 1 heterocycles. The van der Waals surface area contributed by atoms with Crippen LogP contribution in [0.2, 0.25) is 0 Å². The lowest BCUT2D eigenvalue weighted by Crippen LogP contribution is -2.37. The van der Waals surface area contributed by atoms with Gasteiger partial charge in [0.25, 0.3) is 0 Å². The van der Waals surface area contributed by atoms with Crippen LogP contribution < -0.4 is 0 Å². The van der Waals surface area contributed by atoms with E-state index in [9.17, 15) is 4.79 Å². The molecule has 1 fully saturated rings. The van der Waals surface area contributed by atoms with E-state index in [1.165, 1.54) is 0 Å². The van der Waals surface area contributed by atoms with Gasteiger partial charge in [-0.05, 0) is 12.8 Å². The first-order valence-electron chi connectivity index (χ1n) is 4.81. The highest BCUT2D eigenvalue weighted by molar-refractivity contribution is 5.76. The van der Waals surface area contributed by atoms with Crippen molar-refractivity contribution < 1.29 is 14.6 Å². The van der Waals surface area contributed by atoms with E-state index in [0.717, 1.165) is 19.4 Å². The summed E-state index contributed by atoms with van der Waals surface area (Å²) in [5.41, 5.74) is 0. The fourth-order valence-electron chi connectivity index (χ4n) is 1.44. The monoisotopic (exact) mass is 187 g/mol. The van der Waals surface area contributed by atoms with Crippen molar-refractivity contribution in [3.63, 3.8) is 0 Å². The first-order chi connectivity index (χ1) is 6.34. The molecule has 0 aromatic heterocycles. The average molecular weight is 187 g/mol. The third kappa shape index (κ3) is 3.74. The first kappa shape index (κ1) is 10.5. The number of carbonyl (C=O) groups excluding carboxylic acids is 1. The minimum atomic E-state index is 0.0496. The maximum Gasteiger partial charge on any atom is 0.222 e. The molecule has 1 aliphatic rings. The zero-order valence-electron chi connectivity index (χ0n) is 7.87. The largest absolute Gasteiger partial charge is 0.394 e. The Morgan fingerprint density at radius 2 is 2.23 bits per heavy atom. The lowest BCUT2D eigenvalue weighted by Gasteiger charge is -2.26. The molecule has 1 amide bonds. The summed E-state index contributed by atoms with van der Waals surface area (Å²) < 4.78 is 5.09. The molecule has 1 rings (SSSR count). The van der Waals surface area contributed by atoms with Gasteiger partial charge in [-0.15, -0.1) is 0 Å². The standard InChI is InChI=1S/C9H17NO3/c11-6-8-13-7-5-10-4-2-1-3-9(10)12/h11H,1-8H2. The summed E-state index contributed by atoms with van der Waals surface area (Å²) in [6.45, 7) is 2.47. The predicted molar refractivity (Wildman–Crippen MR) is 48.3 cm³/mol. The molecule has 1 saturated heterocycles. The number of nitrogens with zero attached hydrogens (tertiary/aromatic N) is 1. The van der Waals surface area contributed by atoms with Gasteiger partial charge in [-0.1, -0.05) is 0 Å². The minimum Gasteiger partial charge on any atom is -0.394 e. The molecule has 0 bridgehead atoms. The zero-order chi connectivity index (χ0) is 9.52. The first-order valence-corrected chi connectivity index (χ1v) is 4.81. The summed E-state index contributed by atoms with van der Waals surface area (Å²) in [6, 6.07) is 0. The number of aliphatic hydroxyl groups is 1. The van der Waals surface area contributed by atoms with Crippen molar-refractivity contribution in [1.82, 2.24) is 4.90 Å². The van der Waals surface area contributed by atoms with Gasteiger partial charge < -0.3 is 14.7 Å². The van der Waals surface area contributed by atoms with E-state index >= 15 is 0 Å². The van der Waals surface area contributed by atoms with Crippen molar-refractivity contribution in [2.24, 2.45) is 0 Å². The highest BCUT2D eigenvalue weighted by Crippen LogP contribution is 2.09. The Labute approximate surface area is 78.5 Å². The second-order valence-corrected chi connectivity index (χ2v) is 3.17. The van der Waals surface area contributed by atoms with Gasteiger partial charge in [-0.2, -0.15) is 0 Å². The number of rotatable bonds is 5. The van der Waals surface area contributed by atoms with E-state index in [1.54, 1.807) is 0 Å². The second-order valence-electron chi connectivity index (χ2n) is 3.17. The normalized spacial score (nSPS) is 17.9. The predicted octanol–water partition coefficient (Wildman–Crippen LogP) is 0.00780. The summed E-state index contributed by atoms with van der Waals surface area (Å²) in [5, 5.41) is 8.45. The SMILES string of the molecule is O=C1CCCCN1CCOCCO. The number of amides is 1. The molecule has 0 spiro atoms. The molecule has 4 nitrogen and oxygen atoms in total. The topological polar surface area (TPSA) is 49.8 Å². The number of aliphatic hydroxyl groups excluding tert-OH is 1. The highest BCUT2D eigenvalue weighted by Gasteiger charge is 2.16. The summed E-state index contributed by atoms with van der Waals surface area (Å²) in [7, 11) is 0. The molecule has 0 aromatic carbocycles. The third-order valence-corrected chi connectivity index (χ3v) is 2.16. The van der Waals surface area contributed by atoms with Crippen LogP contribution >= 0.6 is 0 Å². The van der Waals surface area contributed by atoms with Crippen molar-refractivity contribution in [2.75, 3.05) is 32.9 Å². The summed E-state index contributed by atoms with van der Waals surface area (Å²) in [5.74, 6) is 0.235. The number of hydrogen-bond acceptors (Lipinski definition) is 3. The average Bonchev–Trinajstić information content (AvgIpc) is 2.15. The molecule has 0 radical (unpaired) electrons. The van der Waals surface area contributed by atoms with Crippen LogP contribution in [0, 0.1) is 0 Å². The van der Waals surface area contributed by atoms with E-state index < -0.39 is 0 Å². The van der Waals surface area contributed by atoms with Crippen molar-refractivity contribution in [3.05, 3.63) is 0 Å². The van der Waals surface area contributed by atoms with Crippen LogP contribution in [0.5, 0.6) is 0 Å². The van der Waals surface area contributed by atoms with E-state index in [2.05, 4.69) is 0 Å². The van der Waals surface area contributed by atoms with Gasteiger partial charge >= 0.3 is 0 Å². The summed E-state index contributed by atoms with van der Waals surface area (Å²) in [4.78, 5) is 13.1. The van der Waals surface area contributed by atoms with Gasteiger partial charge in [0, 0.05) is 19.5 Å². The van der Waals surface area contributed by atoms with Gasteiger partial charge in [0.2, 0.25) is 5.91 Å². The van der Waals surface area contributed by atoms with Gasteiger partial charge in [-0.25, -0.2) is 0 Å². The maximum atomic E-state index is 11.3. The van der Waals surface area contributed by atoms with Gasteiger partial charge in [0.05, 0.1) is 19.8 Å². The van der Waals surface area contributed by atoms with Gasteiger partial charge in [0.15, 0.2) is 0 Å². The molecule has 0 aliphatic carbocycles. The van der Waals surface area contributed by atoms with Crippen LogP contribution in [0.15, 0.2) is 0 Å². The van der Waals surface area contributed by atoms with E-state index in [1.807, 2.05) is 4.90 Å². The Bertz CT molecular complexity index is 161. The Kier molecular flexibility index (Phi) is 4.78. The van der Waals surface area contributed by atoms with Crippen LogP contribution in [0.3, 0.4) is 0 Å². The summed E-state index contributed by atoms with van der Waals surface area (Å²) in [6.07, 6.45) is 2.80. The Morgan fingerprint density at radius 1 is 1.38 bits per heavy atom. The molecule has 1 aliphatic heterocycles. The number of ether oxygens (including phenoxy) is 1. The molecule has 0 saturated carbocycles. The number of likely N-dealkylation sites (tertiary alicyclic amines) is 1. The minimum absolute atomic E-state index is 0.0496. The molecule has 76 valence electrons. The molecular weight excluding hydrogens is 170 g/mol. The number of hydrogen-bond donors (Lipinski definition) is 1. The van der Waals surface area contributed by atoms with Crippen LogP contribution in [-0.4, -0.2) is 48.8 Å². The molecular formula is C9H17NO3. The van der Waals surface area contributed by atoms with Crippen LogP contribution in [0.1, 0.15) is 19.3 Å². The Hall–Kier alpha value is -0.610. The Morgan fingerprint density at radius 3 is 2.92 bits per heavy atom. The molecule has 13 heavy (non-hydrogen) atoms.